The zero-order chi connectivity index (χ0) is 13.2. The van der Waals surface area contributed by atoms with E-state index in [0.717, 1.165) is 25.9 Å². The lowest BCUT2D eigenvalue weighted by atomic mass is 9.89. The number of carbonyl (C=O) groups excluding carboxylic acids is 1. The minimum atomic E-state index is 0.0547. The van der Waals surface area contributed by atoms with Crippen LogP contribution in [0.3, 0.4) is 0 Å². The van der Waals surface area contributed by atoms with Crippen LogP contribution in [-0.2, 0) is 4.79 Å². The molecule has 1 fully saturated rings. The molecule has 1 aliphatic heterocycles. The van der Waals surface area contributed by atoms with Gasteiger partial charge in [0.2, 0.25) is 5.91 Å². The summed E-state index contributed by atoms with van der Waals surface area (Å²) in [5.41, 5.74) is 2.57. The van der Waals surface area contributed by atoms with E-state index < -0.39 is 0 Å². The number of amides is 1. The molecule has 19 heavy (non-hydrogen) atoms. The lowest BCUT2D eigenvalue weighted by Crippen LogP contribution is -2.38. The number of fused-ring (bicyclic) bond motifs is 1. The second kappa shape index (κ2) is 5.25. The van der Waals surface area contributed by atoms with Crippen molar-refractivity contribution < 1.29 is 4.79 Å². The largest absolute Gasteiger partial charge is 0.361 e. The Balaban J connectivity index is 1.77. The lowest BCUT2D eigenvalue weighted by molar-refractivity contribution is -0.129. The van der Waals surface area contributed by atoms with Crippen molar-refractivity contribution in [2.45, 2.75) is 18.8 Å². The van der Waals surface area contributed by atoms with Gasteiger partial charge in [0, 0.05) is 30.2 Å². The Morgan fingerprint density at radius 1 is 1.32 bits per heavy atom. The lowest BCUT2D eigenvalue weighted by Gasteiger charge is -2.31. The summed E-state index contributed by atoms with van der Waals surface area (Å²) >= 11 is 5.60. The number of aromatic amines is 1. The van der Waals surface area contributed by atoms with Crippen molar-refractivity contribution in [3.63, 3.8) is 0 Å². The molecule has 0 saturated carbocycles. The molecule has 1 aromatic heterocycles. The Morgan fingerprint density at radius 2 is 2.05 bits per heavy atom. The van der Waals surface area contributed by atoms with Crippen LogP contribution in [0.4, 0.5) is 0 Å². The Bertz CT molecular complexity index is 585. The third-order valence-corrected chi connectivity index (χ3v) is 4.25. The van der Waals surface area contributed by atoms with E-state index in [1.165, 1.54) is 16.5 Å². The molecule has 0 unspecified atom stereocenters. The molecular weight excluding hydrogens is 260 g/mol. The molecule has 0 spiro atoms. The zero-order valence-corrected chi connectivity index (χ0v) is 11.5. The van der Waals surface area contributed by atoms with Crippen LogP contribution in [0.1, 0.15) is 24.3 Å². The highest BCUT2D eigenvalue weighted by atomic mass is 35.5. The number of para-hydroxylation sites is 1. The maximum atomic E-state index is 11.6. The molecular formula is C15H17ClN2O. The third-order valence-electron chi connectivity index (χ3n) is 4.02. The molecule has 3 nitrogen and oxygen atoms in total. The van der Waals surface area contributed by atoms with Crippen LogP contribution in [0.25, 0.3) is 10.9 Å². The van der Waals surface area contributed by atoms with Gasteiger partial charge in [-0.1, -0.05) is 18.2 Å². The van der Waals surface area contributed by atoms with Crippen LogP contribution in [0.2, 0.25) is 0 Å². The molecule has 1 aliphatic rings. The predicted octanol–water partition coefficient (Wildman–Crippen LogP) is 3.11. The molecule has 4 heteroatoms. The van der Waals surface area contributed by atoms with Gasteiger partial charge in [-0.15, -0.1) is 11.6 Å². The van der Waals surface area contributed by atoms with Crippen molar-refractivity contribution in [3.05, 3.63) is 36.0 Å². The molecule has 3 rings (SSSR count). The average Bonchev–Trinajstić information content (AvgIpc) is 2.90. The summed E-state index contributed by atoms with van der Waals surface area (Å²) in [4.78, 5) is 16.8. The predicted molar refractivity (Wildman–Crippen MR) is 77.6 cm³/mol. The van der Waals surface area contributed by atoms with Gasteiger partial charge < -0.3 is 9.88 Å². The monoisotopic (exact) mass is 276 g/mol. The first-order valence-electron chi connectivity index (χ1n) is 6.69. The van der Waals surface area contributed by atoms with E-state index in [1.807, 2.05) is 11.0 Å². The van der Waals surface area contributed by atoms with Crippen LogP contribution in [-0.4, -0.2) is 34.8 Å². The second-order valence-electron chi connectivity index (χ2n) is 5.08. The first kappa shape index (κ1) is 12.5. The van der Waals surface area contributed by atoms with Gasteiger partial charge in [0.1, 0.15) is 5.88 Å². The minimum Gasteiger partial charge on any atom is -0.361 e. The van der Waals surface area contributed by atoms with E-state index in [9.17, 15) is 4.79 Å². The Morgan fingerprint density at radius 3 is 2.79 bits per heavy atom. The van der Waals surface area contributed by atoms with Crippen LogP contribution in [0, 0.1) is 0 Å². The fourth-order valence-corrected chi connectivity index (χ4v) is 3.13. The molecule has 1 amide bonds. The maximum absolute atomic E-state index is 11.6. The number of halogens is 1. The van der Waals surface area contributed by atoms with Crippen molar-refractivity contribution >= 4 is 28.4 Å². The number of piperidine rings is 1. The number of alkyl halides is 1. The number of nitrogens with one attached hydrogen (secondary N) is 1. The average molecular weight is 277 g/mol. The number of benzene rings is 1. The highest BCUT2D eigenvalue weighted by Gasteiger charge is 2.24. The number of H-pyrrole nitrogens is 1. The van der Waals surface area contributed by atoms with Crippen LogP contribution in [0.5, 0.6) is 0 Å². The summed E-state index contributed by atoms with van der Waals surface area (Å²) in [5.74, 6) is 0.687. The quantitative estimate of drug-likeness (QED) is 0.841. The van der Waals surface area contributed by atoms with Crippen molar-refractivity contribution in [2.24, 2.45) is 0 Å². The molecule has 0 bridgehead atoms. The molecule has 100 valence electrons. The molecule has 1 saturated heterocycles. The molecule has 0 atom stereocenters. The number of rotatable bonds is 2. The summed E-state index contributed by atoms with van der Waals surface area (Å²) in [6.45, 7) is 1.63. The van der Waals surface area contributed by atoms with E-state index in [1.54, 1.807) is 0 Å². The summed E-state index contributed by atoms with van der Waals surface area (Å²) in [5, 5.41) is 1.31. The molecule has 2 heterocycles. The fraction of sp³-hybridized carbons (Fsp3) is 0.400. The van der Waals surface area contributed by atoms with Gasteiger partial charge in [0.25, 0.3) is 0 Å². The van der Waals surface area contributed by atoms with Gasteiger partial charge in [0.15, 0.2) is 0 Å². The molecule has 0 radical (unpaired) electrons. The summed E-state index contributed by atoms with van der Waals surface area (Å²) < 4.78 is 0. The van der Waals surface area contributed by atoms with Gasteiger partial charge in [-0.25, -0.2) is 0 Å². The normalized spacial score (nSPS) is 17.0. The van der Waals surface area contributed by atoms with E-state index in [-0.39, 0.29) is 11.8 Å². The van der Waals surface area contributed by atoms with Gasteiger partial charge in [-0.2, -0.15) is 0 Å². The number of nitrogens with zero attached hydrogens (tertiary/aromatic N) is 1. The van der Waals surface area contributed by atoms with Gasteiger partial charge in [-0.3, -0.25) is 4.79 Å². The van der Waals surface area contributed by atoms with E-state index >= 15 is 0 Å². The number of carbonyl (C=O) groups is 1. The SMILES string of the molecule is O=C(CCl)N1CCC(c2c[nH]c3ccccc23)CC1. The van der Waals surface area contributed by atoms with E-state index in [2.05, 4.69) is 29.4 Å². The van der Waals surface area contributed by atoms with Crippen LogP contribution < -0.4 is 0 Å². The Kier molecular flexibility index (Phi) is 3.47. The van der Waals surface area contributed by atoms with Crippen molar-refractivity contribution in [3.8, 4) is 0 Å². The smallest absolute Gasteiger partial charge is 0.237 e. The first-order valence-corrected chi connectivity index (χ1v) is 7.23. The topological polar surface area (TPSA) is 36.1 Å². The summed E-state index contributed by atoms with van der Waals surface area (Å²) in [7, 11) is 0. The minimum absolute atomic E-state index is 0.0547. The summed E-state index contributed by atoms with van der Waals surface area (Å²) in [6, 6.07) is 8.39. The number of hydrogen-bond acceptors (Lipinski definition) is 1. The second-order valence-corrected chi connectivity index (χ2v) is 5.35. The van der Waals surface area contributed by atoms with Gasteiger partial charge in [0.05, 0.1) is 0 Å². The summed E-state index contributed by atoms with van der Waals surface area (Å²) in [6.07, 6.45) is 4.16. The highest BCUT2D eigenvalue weighted by Crippen LogP contribution is 2.33. The first-order chi connectivity index (χ1) is 9.29. The molecule has 1 aromatic carbocycles. The third kappa shape index (κ3) is 2.35. The van der Waals surface area contributed by atoms with Crippen molar-refractivity contribution in [2.75, 3.05) is 19.0 Å². The molecule has 1 N–H and O–H groups in total. The van der Waals surface area contributed by atoms with Gasteiger partial charge in [-0.05, 0) is 30.4 Å². The number of hydrogen-bond donors (Lipinski definition) is 1. The zero-order valence-electron chi connectivity index (χ0n) is 10.7. The maximum Gasteiger partial charge on any atom is 0.237 e. The Hall–Kier alpha value is -1.48. The van der Waals surface area contributed by atoms with E-state index in [4.69, 9.17) is 11.6 Å². The highest BCUT2D eigenvalue weighted by molar-refractivity contribution is 6.27. The number of aromatic nitrogens is 1. The molecule has 0 aliphatic carbocycles. The fourth-order valence-electron chi connectivity index (χ4n) is 2.96. The van der Waals surface area contributed by atoms with Gasteiger partial charge >= 0.3 is 0 Å². The molecule has 2 aromatic rings. The van der Waals surface area contributed by atoms with Crippen LogP contribution >= 0.6 is 11.6 Å². The number of likely N-dealkylation sites (tertiary alicyclic amines) is 1. The Labute approximate surface area is 117 Å². The van der Waals surface area contributed by atoms with E-state index in [0.29, 0.717) is 5.92 Å². The van der Waals surface area contributed by atoms with Crippen molar-refractivity contribution in [1.82, 2.24) is 9.88 Å². The standard InChI is InChI=1S/C15H17ClN2O/c16-9-15(19)18-7-5-11(6-8-18)13-10-17-14-4-2-1-3-12(13)14/h1-4,10-11,17H,5-9H2. The van der Waals surface area contributed by atoms with Crippen molar-refractivity contribution in [1.29, 1.82) is 0 Å². The van der Waals surface area contributed by atoms with Crippen LogP contribution in [0.15, 0.2) is 30.5 Å².